The van der Waals surface area contributed by atoms with Crippen LogP contribution in [0.5, 0.6) is 0 Å². The molecule has 3 nitrogen and oxygen atoms in total. The normalized spacial score (nSPS) is 13.1. The molecule has 0 bridgehead atoms. The van der Waals surface area contributed by atoms with Gasteiger partial charge in [0.2, 0.25) is 0 Å². The van der Waals surface area contributed by atoms with Gasteiger partial charge in [-0.2, -0.15) is 0 Å². The van der Waals surface area contributed by atoms with Crippen LogP contribution < -0.4 is 0 Å². The van der Waals surface area contributed by atoms with Crippen LogP contribution in [-0.4, -0.2) is 15.1 Å². The number of benzene rings is 1. The third-order valence-corrected chi connectivity index (χ3v) is 2.58. The van der Waals surface area contributed by atoms with Gasteiger partial charge in [0.05, 0.1) is 28.5 Å². The van der Waals surface area contributed by atoms with Crippen molar-refractivity contribution in [1.29, 1.82) is 0 Å². The van der Waals surface area contributed by atoms with E-state index in [1.807, 2.05) is 32.0 Å². The summed E-state index contributed by atoms with van der Waals surface area (Å²) in [4.78, 5) is 8.88. The fourth-order valence-corrected chi connectivity index (χ4v) is 1.51. The smallest absolute Gasteiger partial charge is 0.0893 e. The molecule has 1 heterocycles. The van der Waals surface area contributed by atoms with Gasteiger partial charge in [0, 0.05) is 0 Å². The summed E-state index contributed by atoms with van der Waals surface area (Å²) < 4.78 is 0. The summed E-state index contributed by atoms with van der Waals surface area (Å²) in [5.41, 5.74) is 4.48. The van der Waals surface area contributed by atoms with E-state index < -0.39 is 6.10 Å². The Bertz CT molecular complexity index is 506. The lowest BCUT2D eigenvalue weighted by atomic mass is 10.1. The Morgan fingerprint density at radius 1 is 1.07 bits per heavy atom. The molecular weight excluding hydrogens is 188 g/mol. The van der Waals surface area contributed by atoms with Crippen molar-refractivity contribution in [2.24, 2.45) is 0 Å². The number of rotatable bonds is 1. The maximum atomic E-state index is 9.46. The highest BCUT2D eigenvalue weighted by Crippen LogP contribution is 2.18. The minimum absolute atomic E-state index is 0.460. The van der Waals surface area contributed by atoms with Gasteiger partial charge >= 0.3 is 0 Å². The molecule has 0 fully saturated rings. The van der Waals surface area contributed by atoms with Crippen molar-refractivity contribution in [2.45, 2.75) is 26.9 Å². The molecule has 2 rings (SSSR count). The van der Waals surface area contributed by atoms with Gasteiger partial charge in [0.1, 0.15) is 0 Å². The van der Waals surface area contributed by atoms with E-state index in [2.05, 4.69) is 9.97 Å². The first kappa shape index (κ1) is 10.1. The van der Waals surface area contributed by atoms with E-state index in [1.165, 1.54) is 0 Å². The second-order valence-electron chi connectivity index (χ2n) is 3.82. The lowest BCUT2D eigenvalue weighted by Crippen LogP contribution is -1.96. The summed E-state index contributed by atoms with van der Waals surface area (Å²) in [5, 5.41) is 9.46. The van der Waals surface area contributed by atoms with E-state index in [9.17, 15) is 5.11 Å². The van der Waals surface area contributed by atoms with Gasteiger partial charge in [-0.05, 0) is 38.5 Å². The predicted octanol–water partition coefficient (Wildman–Crippen LogP) is 2.30. The molecule has 0 saturated heterocycles. The molecule has 1 N–H and O–H groups in total. The summed E-state index contributed by atoms with van der Waals surface area (Å²) in [6, 6.07) is 5.67. The largest absolute Gasteiger partial charge is 0.389 e. The molecule has 1 unspecified atom stereocenters. The third-order valence-electron chi connectivity index (χ3n) is 2.58. The van der Waals surface area contributed by atoms with Crippen LogP contribution in [0.4, 0.5) is 0 Å². The Hall–Kier alpha value is -1.48. The van der Waals surface area contributed by atoms with Crippen LogP contribution in [0.3, 0.4) is 0 Å². The number of nitrogens with zero attached hydrogens (tertiary/aromatic N) is 2. The number of fused-ring (bicyclic) bond motifs is 1. The Morgan fingerprint density at radius 3 is 2.27 bits per heavy atom. The third kappa shape index (κ3) is 1.83. The van der Waals surface area contributed by atoms with E-state index in [-0.39, 0.29) is 0 Å². The van der Waals surface area contributed by atoms with Gasteiger partial charge in [0.15, 0.2) is 0 Å². The predicted molar refractivity (Wildman–Crippen MR) is 59.6 cm³/mol. The molecule has 0 aliphatic carbocycles. The topological polar surface area (TPSA) is 46.0 Å². The highest BCUT2D eigenvalue weighted by molar-refractivity contribution is 5.75. The fourth-order valence-electron chi connectivity index (χ4n) is 1.51. The van der Waals surface area contributed by atoms with Gasteiger partial charge in [-0.25, -0.2) is 9.97 Å². The number of aromatic nitrogens is 2. The van der Waals surface area contributed by atoms with Crippen LogP contribution in [-0.2, 0) is 0 Å². The molecule has 1 aromatic heterocycles. The first-order chi connectivity index (χ1) is 7.08. The zero-order valence-electron chi connectivity index (χ0n) is 9.15. The van der Waals surface area contributed by atoms with Crippen molar-refractivity contribution in [2.75, 3.05) is 0 Å². The maximum Gasteiger partial charge on any atom is 0.0893 e. The van der Waals surface area contributed by atoms with Crippen molar-refractivity contribution in [3.63, 3.8) is 0 Å². The standard InChI is InChI=1S/C12H14N2O/c1-7-8(2)14-12-6-10(9(3)15)4-5-11(12)13-7/h4-6,9,15H,1-3H3. The molecule has 0 radical (unpaired) electrons. The number of hydrogen-bond acceptors (Lipinski definition) is 3. The van der Waals surface area contributed by atoms with Crippen LogP contribution in [0.1, 0.15) is 30.0 Å². The number of aliphatic hydroxyl groups excluding tert-OH is 1. The molecule has 0 amide bonds. The molecule has 15 heavy (non-hydrogen) atoms. The molecular formula is C12H14N2O. The second kappa shape index (κ2) is 3.59. The van der Waals surface area contributed by atoms with Crippen LogP contribution in [0, 0.1) is 13.8 Å². The Balaban J connectivity index is 2.66. The lowest BCUT2D eigenvalue weighted by molar-refractivity contribution is 0.199. The van der Waals surface area contributed by atoms with Crippen molar-refractivity contribution < 1.29 is 5.11 Å². The van der Waals surface area contributed by atoms with Crippen molar-refractivity contribution in [1.82, 2.24) is 9.97 Å². The molecule has 0 aliphatic rings. The van der Waals surface area contributed by atoms with Gasteiger partial charge in [-0.3, -0.25) is 0 Å². The van der Waals surface area contributed by atoms with E-state index in [0.29, 0.717) is 0 Å². The van der Waals surface area contributed by atoms with Crippen molar-refractivity contribution >= 4 is 11.0 Å². The van der Waals surface area contributed by atoms with Crippen LogP contribution in [0.2, 0.25) is 0 Å². The zero-order valence-corrected chi connectivity index (χ0v) is 9.15. The van der Waals surface area contributed by atoms with Gasteiger partial charge in [-0.1, -0.05) is 6.07 Å². The summed E-state index contributed by atoms with van der Waals surface area (Å²) >= 11 is 0. The molecule has 0 aliphatic heterocycles. The molecule has 1 aromatic carbocycles. The Morgan fingerprint density at radius 2 is 1.67 bits per heavy atom. The van der Waals surface area contributed by atoms with Crippen LogP contribution in [0.25, 0.3) is 11.0 Å². The highest BCUT2D eigenvalue weighted by atomic mass is 16.3. The van der Waals surface area contributed by atoms with Crippen molar-refractivity contribution in [3.05, 3.63) is 35.2 Å². The number of hydrogen-bond donors (Lipinski definition) is 1. The van der Waals surface area contributed by atoms with Crippen LogP contribution in [0.15, 0.2) is 18.2 Å². The Labute approximate surface area is 88.8 Å². The molecule has 0 spiro atoms. The van der Waals surface area contributed by atoms with Crippen molar-refractivity contribution in [3.8, 4) is 0 Å². The minimum atomic E-state index is -0.460. The molecule has 78 valence electrons. The molecule has 1 atom stereocenters. The van der Waals surface area contributed by atoms with E-state index >= 15 is 0 Å². The average Bonchev–Trinajstić information content (AvgIpc) is 2.19. The first-order valence-electron chi connectivity index (χ1n) is 5.01. The van der Waals surface area contributed by atoms with Gasteiger partial charge < -0.3 is 5.11 Å². The molecule has 2 aromatic rings. The SMILES string of the molecule is Cc1nc2ccc(C(C)O)cc2nc1C. The monoisotopic (exact) mass is 202 g/mol. The zero-order chi connectivity index (χ0) is 11.0. The molecule has 3 heteroatoms. The first-order valence-corrected chi connectivity index (χ1v) is 5.01. The van der Waals surface area contributed by atoms with E-state index in [1.54, 1.807) is 6.92 Å². The summed E-state index contributed by atoms with van der Waals surface area (Å²) in [6.07, 6.45) is -0.460. The van der Waals surface area contributed by atoms with E-state index in [0.717, 1.165) is 28.0 Å². The average molecular weight is 202 g/mol. The summed E-state index contributed by atoms with van der Waals surface area (Å²) in [7, 11) is 0. The number of aryl methyl sites for hydroxylation is 2. The fraction of sp³-hybridized carbons (Fsp3) is 0.333. The second-order valence-corrected chi connectivity index (χ2v) is 3.82. The van der Waals surface area contributed by atoms with E-state index in [4.69, 9.17) is 0 Å². The lowest BCUT2D eigenvalue weighted by Gasteiger charge is -2.07. The van der Waals surface area contributed by atoms with Gasteiger partial charge in [0.25, 0.3) is 0 Å². The molecule has 0 saturated carbocycles. The highest BCUT2D eigenvalue weighted by Gasteiger charge is 2.05. The number of aliphatic hydroxyl groups is 1. The van der Waals surface area contributed by atoms with Crippen LogP contribution >= 0.6 is 0 Å². The maximum absolute atomic E-state index is 9.46. The van der Waals surface area contributed by atoms with Gasteiger partial charge in [-0.15, -0.1) is 0 Å². The Kier molecular flexibility index (Phi) is 2.40. The summed E-state index contributed by atoms with van der Waals surface area (Å²) in [6.45, 7) is 5.64. The minimum Gasteiger partial charge on any atom is -0.389 e. The quantitative estimate of drug-likeness (QED) is 0.771. The summed E-state index contributed by atoms with van der Waals surface area (Å²) in [5.74, 6) is 0.